The molecule has 0 saturated carbocycles. The highest BCUT2D eigenvalue weighted by Crippen LogP contribution is 2.35. The summed E-state index contributed by atoms with van der Waals surface area (Å²) in [6.07, 6.45) is 5.60. The molecule has 7 nitrogen and oxygen atoms in total. The van der Waals surface area contributed by atoms with E-state index in [0.29, 0.717) is 38.1 Å². The second-order valence-corrected chi connectivity index (χ2v) is 7.64. The first-order valence-electron chi connectivity index (χ1n) is 7.11. The molecular weight excluding hydrogens is 292 g/mol. The van der Waals surface area contributed by atoms with E-state index in [9.17, 15) is 8.42 Å². The minimum absolute atomic E-state index is 0.0977. The number of anilines is 1. The first-order valence-corrected chi connectivity index (χ1v) is 8.96. The lowest BCUT2D eigenvalue weighted by atomic mass is 9.85. The van der Waals surface area contributed by atoms with Gasteiger partial charge in [-0.25, -0.2) is 22.7 Å². The smallest absolute Gasteiger partial charge is 0.222 e. The number of aromatic nitrogens is 2. The van der Waals surface area contributed by atoms with Crippen molar-refractivity contribution in [3.63, 3.8) is 0 Å². The summed E-state index contributed by atoms with van der Waals surface area (Å²) in [4.78, 5) is 8.25. The van der Waals surface area contributed by atoms with Crippen LogP contribution in [0.25, 0.3) is 0 Å². The van der Waals surface area contributed by atoms with E-state index in [0.717, 1.165) is 6.42 Å². The molecular formula is C13H20N4O3S. The van der Waals surface area contributed by atoms with Gasteiger partial charge in [0, 0.05) is 37.9 Å². The van der Waals surface area contributed by atoms with E-state index in [2.05, 4.69) is 15.3 Å². The van der Waals surface area contributed by atoms with Crippen LogP contribution in [0.1, 0.15) is 6.42 Å². The molecule has 1 aromatic rings. The Morgan fingerprint density at radius 2 is 2.19 bits per heavy atom. The molecule has 3 rings (SSSR count). The zero-order valence-corrected chi connectivity index (χ0v) is 12.8. The fourth-order valence-electron chi connectivity index (χ4n) is 3.15. The molecule has 2 fully saturated rings. The first kappa shape index (κ1) is 14.7. The third-order valence-corrected chi connectivity index (χ3v) is 5.52. The van der Waals surface area contributed by atoms with Crippen molar-refractivity contribution < 1.29 is 13.2 Å². The summed E-state index contributed by atoms with van der Waals surface area (Å²) in [6.45, 7) is 2.44. The maximum atomic E-state index is 11.6. The molecule has 2 saturated heterocycles. The highest BCUT2D eigenvalue weighted by atomic mass is 32.2. The van der Waals surface area contributed by atoms with Gasteiger partial charge in [-0.2, -0.15) is 0 Å². The molecule has 8 heteroatoms. The molecule has 0 bridgehead atoms. The fourth-order valence-corrected chi connectivity index (χ4v) is 4.05. The van der Waals surface area contributed by atoms with Gasteiger partial charge in [0.15, 0.2) is 0 Å². The van der Waals surface area contributed by atoms with Crippen LogP contribution in [0, 0.1) is 11.8 Å². The molecule has 0 radical (unpaired) electrons. The lowest BCUT2D eigenvalue weighted by Crippen LogP contribution is -2.44. The Hall–Kier alpha value is -1.25. The number of piperidine rings is 1. The summed E-state index contributed by atoms with van der Waals surface area (Å²) in [7, 11) is -3.10. The van der Waals surface area contributed by atoms with Crippen LogP contribution in [0.3, 0.4) is 0 Å². The van der Waals surface area contributed by atoms with Gasteiger partial charge in [-0.1, -0.05) is 0 Å². The van der Waals surface area contributed by atoms with E-state index < -0.39 is 10.0 Å². The maximum absolute atomic E-state index is 11.6. The number of nitrogens with one attached hydrogen (secondary N) is 1. The summed E-state index contributed by atoms with van der Waals surface area (Å²) >= 11 is 0. The molecule has 1 N–H and O–H groups in total. The van der Waals surface area contributed by atoms with Crippen molar-refractivity contribution in [1.29, 1.82) is 0 Å². The van der Waals surface area contributed by atoms with Crippen LogP contribution in [0.5, 0.6) is 0 Å². The van der Waals surface area contributed by atoms with Crippen LogP contribution in [0.2, 0.25) is 0 Å². The highest BCUT2D eigenvalue weighted by molar-refractivity contribution is 7.88. The maximum Gasteiger partial charge on any atom is 0.222 e. The van der Waals surface area contributed by atoms with Gasteiger partial charge in [-0.15, -0.1) is 0 Å². The van der Waals surface area contributed by atoms with E-state index in [1.54, 1.807) is 22.8 Å². The van der Waals surface area contributed by atoms with Gasteiger partial charge in [-0.3, -0.25) is 0 Å². The van der Waals surface area contributed by atoms with Crippen LogP contribution in [0.15, 0.2) is 18.5 Å². The monoisotopic (exact) mass is 312 g/mol. The fraction of sp³-hybridized carbons (Fsp3) is 0.692. The number of rotatable bonds is 4. The average Bonchev–Trinajstić information content (AvgIpc) is 2.87. The first-order chi connectivity index (χ1) is 10.0. The average molecular weight is 312 g/mol. The van der Waals surface area contributed by atoms with E-state index in [1.165, 1.54) is 6.26 Å². The number of hydrogen-bond donors (Lipinski definition) is 1. The second-order valence-electron chi connectivity index (χ2n) is 5.66. The molecule has 0 aromatic carbocycles. The largest absolute Gasteiger partial charge is 0.376 e. The van der Waals surface area contributed by atoms with Gasteiger partial charge < -0.3 is 10.1 Å². The quantitative estimate of drug-likeness (QED) is 0.854. The Kier molecular flexibility index (Phi) is 4.10. The van der Waals surface area contributed by atoms with Gasteiger partial charge in [0.25, 0.3) is 0 Å². The van der Waals surface area contributed by atoms with Crippen LogP contribution in [-0.2, 0) is 14.8 Å². The van der Waals surface area contributed by atoms with Crippen molar-refractivity contribution in [2.75, 3.05) is 37.8 Å². The number of ether oxygens (including phenoxy) is 1. The Morgan fingerprint density at radius 3 is 2.90 bits per heavy atom. The van der Waals surface area contributed by atoms with Crippen molar-refractivity contribution in [3.05, 3.63) is 18.5 Å². The second kappa shape index (κ2) is 5.86. The summed E-state index contributed by atoms with van der Waals surface area (Å²) < 4.78 is 30.7. The van der Waals surface area contributed by atoms with Gasteiger partial charge in [0.05, 0.1) is 19.0 Å². The SMILES string of the molecule is CS(=O)(=O)N1CC[C@@H]2[C@@H](CO[C@@H]2CNc2ncccn2)C1. The molecule has 0 aliphatic carbocycles. The Morgan fingerprint density at radius 1 is 1.43 bits per heavy atom. The molecule has 1 aromatic heterocycles. The van der Waals surface area contributed by atoms with Crippen molar-refractivity contribution in [3.8, 4) is 0 Å². The predicted molar refractivity (Wildman–Crippen MR) is 78.3 cm³/mol. The van der Waals surface area contributed by atoms with Crippen LogP contribution in [-0.4, -0.2) is 61.3 Å². The van der Waals surface area contributed by atoms with E-state index in [1.807, 2.05) is 0 Å². The third kappa shape index (κ3) is 3.33. The van der Waals surface area contributed by atoms with Gasteiger partial charge in [0.2, 0.25) is 16.0 Å². The lowest BCUT2D eigenvalue weighted by molar-refractivity contribution is 0.0981. The summed E-state index contributed by atoms with van der Waals surface area (Å²) in [6, 6.07) is 1.77. The van der Waals surface area contributed by atoms with Crippen molar-refractivity contribution >= 4 is 16.0 Å². The number of hydrogen-bond acceptors (Lipinski definition) is 6. The molecule has 0 spiro atoms. The minimum atomic E-state index is -3.10. The predicted octanol–water partition coefficient (Wildman–Crippen LogP) is 0.185. The van der Waals surface area contributed by atoms with Crippen molar-refractivity contribution in [1.82, 2.24) is 14.3 Å². The molecule has 21 heavy (non-hydrogen) atoms. The Bertz CT molecular complexity index is 580. The summed E-state index contributed by atoms with van der Waals surface area (Å²) in [5, 5.41) is 3.18. The van der Waals surface area contributed by atoms with Crippen molar-refractivity contribution in [2.45, 2.75) is 12.5 Å². The zero-order chi connectivity index (χ0) is 14.9. The molecule has 0 unspecified atom stereocenters. The van der Waals surface area contributed by atoms with Crippen LogP contribution in [0.4, 0.5) is 5.95 Å². The van der Waals surface area contributed by atoms with E-state index in [-0.39, 0.29) is 12.0 Å². The molecule has 2 aliphatic heterocycles. The number of sulfonamides is 1. The van der Waals surface area contributed by atoms with Gasteiger partial charge in [-0.05, 0) is 18.4 Å². The lowest BCUT2D eigenvalue weighted by Gasteiger charge is -2.34. The summed E-state index contributed by atoms with van der Waals surface area (Å²) in [5.74, 6) is 1.29. The van der Waals surface area contributed by atoms with Crippen LogP contribution >= 0.6 is 0 Å². The normalized spacial score (nSPS) is 30.0. The van der Waals surface area contributed by atoms with Gasteiger partial charge >= 0.3 is 0 Å². The minimum Gasteiger partial charge on any atom is -0.376 e. The standard InChI is InChI=1S/C13H20N4O3S/c1-21(18,19)17-6-3-11-10(8-17)9-20-12(11)7-16-13-14-4-2-5-15-13/h2,4-5,10-12H,3,6-9H2,1H3,(H,14,15,16)/t10-,11-,12-/m1/s1. The molecule has 116 valence electrons. The molecule has 2 aliphatic rings. The third-order valence-electron chi connectivity index (χ3n) is 4.25. The number of fused-ring (bicyclic) bond motifs is 1. The number of nitrogens with zero attached hydrogens (tertiary/aromatic N) is 3. The van der Waals surface area contributed by atoms with Gasteiger partial charge in [0.1, 0.15) is 0 Å². The molecule has 3 atom stereocenters. The molecule has 0 amide bonds. The Balaban J connectivity index is 1.57. The topological polar surface area (TPSA) is 84.4 Å². The van der Waals surface area contributed by atoms with E-state index >= 15 is 0 Å². The van der Waals surface area contributed by atoms with E-state index in [4.69, 9.17) is 4.74 Å². The molecule has 3 heterocycles. The van der Waals surface area contributed by atoms with Crippen LogP contribution < -0.4 is 5.32 Å². The highest BCUT2D eigenvalue weighted by Gasteiger charge is 2.42. The zero-order valence-electron chi connectivity index (χ0n) is 12.0. The van der Waals surface area contributed by atoms with Crippen molar-refractivity contribution in [2.24, 2.45) is 11.8 Å². The summed E-state index contributed by atoms with van der Waals surface area (Å²) in [5.41, 5.74) is 0. The Labute approximate surface area is 124 Å².